The molecule has 0 fully saturated rings. The predicted molar refractivity (Wildman–Crippen MR) is 138 cm³/mol. The monoisotopic (exact) mass is 501 g/mol. The molecule has 9 heteroatoms. The molecule has 1 amide bonds. The average molecular weight is 502 g/mol. The zero-order valence-electron chi connectivity index (χ0n) is 20.5. The number of carbonyl (C=O) groups is 2. The number of carboxylic acids is 1. The lowest BCUT2D eigenvalue weighted by atomic mass is 10.1. The van der Waals surface area contributed by atoms with Crippen LogP contribution < -0.4 is 15.6 Å². The third-order valence-corrected chi connectivity index (χ3v) is 5.92. The van der Waals surface area contributed by atoms with Gasteiger partial charge < -0.3 is 24.9 Å². The van der Waals surface area contributed by atoms with Gasteiger partial charge in [-0.1, -0.05) is 49.4 Å². The molecular formula is C28H27N3O6. The molecule has 0 bridgehead atoms. The molecule has 1 aromatic heterocycles. The van der Waals surface area contributed by atoms with E-state index >= 15 is 0 Å². The van der Waals surface area contributed by atoms with Gasteiger partial charge in [0.2, 0.25) is 0 Å². The summed E-state index contributed by atoms with van der Waals surface area (Å²) >= 11 is 0. The zero-order chi connectivity index (χ0) is 26.4. The van der Waals surface area contributed by atoms with Crippen molar-refractivity contribution in [2.75, 3.05) is 7.11 Å². The Morgan fingerprint density at radius 1 is 1.00 bits per heavy atom. The van der Waals surface area contributed by atoms with Gasteiger partial charge in [0.25, 0.3) is 11.5 Å². The molecule has 37 heavy (non-hydrogen) atoms. The number of aromatic carboxylic acids is 1. The third-order valence-electron chi connectivity index (χ3n) is 5.92. The second-order valence-corrected chi connectivity index (χ2v) is 8.42. The molecule has 0 radical (unpaired) electrons. The minimum Gasteiger partial charge on any atom is -0.494 e. The summed E-state index contributed by atoms with van der Waals surface area (Å²) in [5.41, 5.74) is 3.46. The number of carbonyl (C=O) groups excluding carboxylic acids is 1. The number of ether oxygens (including phenoxy) is 2. The largest absolute Gasteiger partial charge is 0.494 e. The number of nitrogens with zero attached hydrogens (tertiary/aromatic N) is 1. The van der Waals surface area contributed by atoms with Gasteiger partial charge in [-0.25, -0.2) is 9.78 Å². The first kappa shape index (κ1) is 25.6. The minimum absolute atomic E-state index is 0.102. The van der Waals surface area contributed by atoms with Crippen LogP contribution in [0.1, 0.15) is 50.2 Å². The van der Waals surface area contributed by atoms with Crippen molar-refractivity contribution in [1.82, 2.24) is 15.3 Å². The Morgan fingerprint density at radius 3 is 2.46 bits per heavy atom. The van der Waals surface area contributed by atoms with Crippen molar-refractivity contribution >= 4 is 22.8 Å². The Hall–Kier alpha value is -4.50. The first-order chi connectivity index (χ1) is 17.9. The molecule has 1 heterocycles. The Bertz CT molecular complexity index is 1490. The summed E-state index contributed by atoms with van der Waals surface area (Å²) in [5, 5.41) is 12.1. The number of hydrogen-bond donors (Lipinski definition) is 3. The van der Waals surface area contributed by atoms with Crippen molar-refractivity contribution < 1.29 is 24.2 Å². The quantitative estimate of drug-likeness (QED) is 0.301. The van der Waals surface area contributed by atoms with E-state index in [-0.39, 0.29) is 35.5 Å². The van der Waals surface area contributed by atoms with Crippen LogP contribution >= 0.6 is 0 Å². The molecule has 0 aliphatic rings. The lowest BCUT2D eigenvalue weighted by Crippen LogP contribution is -2.28. The summed E-state index contributed by atoms with van der Waals surface area (Å²) in [4.78, 5) is 43.8. The molecule has 0 unspecified atom stereocenters. The summed E-state index contributed by atoms with van der Waals surface area (Å²) in [6, 6.07) is 17.7. The fraction of sp³-hybridized carbons (Fsp3) is 0.214. The summed E-state index contributed by atoms with van der Waals surface area (Å²) < 4.78 is 11.2. The fourth-order valence-corrected chi connectivity index (χ4v) is 3.93. The van der Waals surface area contributed by atoms with E-state index in [1.165, 1.54) is 24.8 Å². The highest BCUT2D eigenvalue weighted by Crippen LogP contribution is 2.25. The third kappa shape index (κ3) is 6.02. The highest BCUT2D eigenvalue weighted by atomic mass is 16.5. The first-order valence-electron chi connectivity index (χ1n) is 11.8. The molecular weight excluding hydrogens is 474 g/mol. The molecule has 0 atom stereocenters. The highest BCUT2D eigenvalue weighted by molar-refractivity contribution is 5.94. The van der Waals surface area contributed by atoms with Crippen molar-refractivity contribution in [3.05, 3.63) is 105 Å². The number of amides is 1. The predicted octanol–water partition coefficient (Wildman–Crippen LogP) is 3.84. The second-order valence-electron chi connectivity index (χ2n) is 8.42. The molecule has 0 aliphatic carbocycles. The van der Waals surface area contributed by atoms with Gasteiger partial charge in [-0.15, -0.1) is 0 Å². The molecule has 4 aromatic rings. The van der Waals surface area contributed by atoms with E-state index in [9.17, 15) is 14.4 Å². The number of rotatable bonds is 10. The molecule has 0 saturated heterocycles. The van der Waals surface area contributed by atoms with Gasteiger partial charge in [0, 0.05) is 6.54 Å². The van der Waals surface area contributed by atoms with E-state index in [0.717, 1.165) is 17.5 Å². The first-order valence-corrected chi connectivity index (χ1v) is 11.8. The number of hydrogen-bond acceptors (Lipinski definition) is 6. The van der Waals surface area contributed by atoms with Crippen molar-refractivity contribution in [1.29, 1.82) is 0 Å². The van der Waals surface area contributed by atoms with E-state index in [1.54, 1.807) is 24.3 Å². The summed E-state index contributed by atoms with van der Waals surface area (Å²) in [7, 11) is 1.47. The van der Waals surface area contributed by atoms with Gasteiger partial charge in [0.15, 0.2) is 5.82 Å². The molecule has 4 rings (SSSR count). The Morgan fingerprint density at radius 2 is 1.76 bits per heavy atom. The van der Waals surface area contributed by atoms with Crippen molar-refractivity contribution in [2.45, 2.75) is 33.1 Å². The highest BCUT2D eigenvalue weighted by Gasteiger charge is 2.17. The summed E-state index contributed by atoms with van der Waals surface area (Å²) in [5.74, 6) is -1.25. The fourth-order valence-electron chi connectivity index (χ4n) is 3.93. The number of aromatic nitrogens is 2. The van der Waals surface area contributed by atoms with Crippen LogP contribution in [-0.4, -0.2) is 34.1 Å². The van der Waals surface area contributed by atoms with Gasteiger partial charge in [-0.3, -0.25) is 9.59 Å². The summed E-state index contributed by atoms with van der Waals surface area (Å²) in [6.07, 6.45) is 0.893. The lowest BCUT2D eigenvalue weighted by Gasteiger charge is -2.12. The number of nitrogens with one attached hydrogen (secondary N) is 2. The van der Waals surface area contributed by atoms with Crippen LogP contribution in [0.4, 0.5) is 0 Å². The number of benzene rings is 3. The SMILES string of the molecule is CCc1cccc(CNC(=O)c2nc3c(OC)ccc(COCc4ccc(C(=O)O)cc4)c3c(=O)[nH]2)c1. The Kier molecular flexibility index (Phi) is 7.95. The van der Waals surface area contributed by atoms with Crippen LogP contribution in [0.3, 0.4) is 0 Å². The maximum atomic E-state index is 13.0. The minimum atomic E-state index is -0.998. The van der Waals surface area contributed by atoms with Crippen LogP contribution in [0.25, 0.3) is 10.9 Å². The Balaban J connectivity index is 1.52. The number of aromatic amines is 1. The molecule has 0 saturated carbocycles. The van der Waals surface area contributed by atoms with Gasteiger partial charge in [0.1, 0.15) is 11.3 Å². The lowest BCUT2D eigenvalue weighted by molar-refractivity contribution is 0.0696. The molecule has 9 nitrogen and oxygen atoms in total. The second kappa shape index (κ2) is 11.5. The smallest absolute Gasteiger partial charge is 0.335 e. The van der Waals surface area contributed by atoms with Gasteiger partial charge >= 0.3 is 5.97 Å². The molecule has 190 valence electrons. The number of aryl methyl sites for hydroxylation is 1. The van der Waals surface area contributed by atoms with E-state index in [4.69, 9.17) is 14.6 Å². The van der Waals surface area contributed by atoms with Gasteiger partial charge in [0.05, 0.1) is 31.3 Å². The summed E-state index contributed by atoms with van der Waals surface area (Å²) in [6.45, 7) is 2.68. The average Bonchev–Trinajstić information content (AvgIpc) is 2.91. The topological polar surface area (TPSA) is 131 Å². The molecule has 0 aliphatic heterocycles. The van der Waals surface area contributed by atoms with Crippen LogP contribution in [0, 0.1) is 0 Å². The van der Waals surface area contributed by atoms with E-state index < -0.39 is 17.4 Å². The number of H-pyrrole nitrogens is 1. The maximum absolute atomic E-state index is 13.0. The van der Waals surface area contributed by atoms with Crippen molar-refractivity contribution in [3.63, 3.8) is 0 Å². The van der Waals surface area contributed by atoms with Gasteiger partial charge in [-0.2, -0.15) is 0 Å². The van der Waals surface area contributed by atoms with E-state index in [2.05, 4.69) is 22.2 Å². The number of fused-ring (bicyclic) bond motifs is 1. The van der Waals surface area contributed by atoms with E-state index in [1.807, 2.05) is 24.3 Å². The number of methoxy groups -OCH3 is 1. The normalized spacial score (nSPS) is 10.9. The van der Waals surface area contributed by atoms with Crippen LogP contribution in [0.5, 0.6) is 5.75 Å². The molecule has 0 spiro atoms. The molecule has 3 N–H and O–H groups in total. The van der Waals surface area contributed by atoms with Crippen LogP contribution in [0.15, 0.2) is 65.5 Å². The van der Waals surface area contributed by atoms with Crippen LogP contribution in [0.2, 0.25) is 0 Å². The Labute approximate surface area is 213 Å². The van der Waals surface area contributed by atoms with Gasteiger partial charge in [-0.05, 0) is 46.9 Å². The van der Waals surface area contributed by atoms with Crippen LogP contribution in [-0.2, 0) is 30.9 Å². The van der Waals surface area contributed by atoms with Crippen molar-refractivity contribution in [2.24, 2.45) is 0 Å². The maximum Gasteiger partial charge on any atom is 0.335 e. The zero-order valence-corrected chi connectivity index (χ0v) is 20.5. The van der Waals surface area contributed by atoms with Crippen molar-refractivity contribution in [3.8, 4) is 5.75 Å². The number of carboxylic acid groups (broad SMARTS) is 1. The standard InChI is InChI=1S/C28H27N3O6/c1-3-17-5-4-6-19(13-17)14-29-27(33)25-30-24-22(36-2)12-11-21(23(24)26(32)31-25)16-37-15-18-7-9-20(10-8-18)28(34)35/h4-13H,3,14-16H2,1-2H3,(H,29,33)(H,34,35)(H,30,31,32). The molecule has 3 aromatic carbocycles. The van der Waals surface area contributed by atoms with E-state index in [0.29, 0.717) is 17.9 Å².